The van der Waals surface area contributed by atoms with Crippen LogP contribution in [0.1, 0.15) is 11.3 Å². The van der Waals surface area contributed by atoms with Crippen LogP contribution in [-0.4, -0.2) is 28.6 Å². The van der Waals surface area contributed by atoms with Crippen molar-refractivity contribution in [2.75, 3.05) is 7.05 Å². The lowest BCUT2D eigenvalue weighted by Gasteiger charge is -2.05. The first-order valence-corrected chi connectivity index (χ1v) is 3.80. The fraction of sp³-hybridized carbons (Fsp3) is 0.250. The number of carbonyl (C=O) groups is 1. The molecule has 1 heterocycles. The van der Waals surface area contributed by atoms with Gasteiger partial charge in [-0.3, -0.25) is 9.89 Å². The fourth-order valence-electron chi connectivity index (χ4n) is 0.961. The van der Waals surface area contributed by atoms with Crippen molar-refractivity contribution in [1.29, 1.82) is 0 Å². The Labute approximate surface area is 76.2 Å². The molecular weight excluding hydrogens is 168 g/mol. The van der Waals surface area contributed by atoms with Crippen LogP contribution < -0.4 is 5.73 Å². The van der Waals surface area contributed by atoms with Crippen LogP contribution in [0.4, 0.5) is 0 Å². The van der Waals surface area contributed by atoms with Gasteiger partial charge in [0.2, 0.25) is 6.41 Å². The number of aromatic amines is 1. The summed E-state index contributed by atoms with van der Waals surface area (Å²) in [5.74, 6) is 0. The molecule has 0 aromatic carbocycles. The van der Waals surface area contributed by atoms with E-state index in [1.165, 1.54) is 4.90 Å². The normalized spacial score (nSPS) is 11.4. The molecule has 1 rings (SSSR count). The summed E-state index contributed by atoms with van der Waals surface area (Å²) in [5, 5.41) is 6.59. The van der Waals surface area contributed by atoms with Crippen molar-refractivity contribution < 1.29 is 4.79 Å². The van der Waals surface area contributed by atoms with Gasteiger partial charge in [0.25, 0.3) is 0 Å². The third-order valence-electron chi connectivity index (χ3n) is 1.65. The minimum atomic E-state index is 0.515. The Morgan fingerprint density at radius 2 is 2.46 bits per heavy atom. The first-order chi connectivity index (χ1) is 6.15. The van der Waals surface area contributed by atoms with E-state index in [1.807, 2.05) is 6.92 Å². The molecule has 0 aliphatic rings. The summed E-state index contributed by atoms with van der Waals surface area (Å²) < 4.78 is 0. The molecule has 1 aromatic heterocycles. The summed E-state index contributed by atoms with van der Waals surface area (Å²) in [4.78, 5) is 11.6. The number of nitrogens with two attached hydrogens (primary N) is 1. The molecule has 0 unspecified atom stereocenters. The first kappa shape index (κ1) is 9.31. The van der Waals surface area contributed by atoms with Gasteiger partial charge in [-0.2, -0.15) is 5.10 Å². The number of nitrogens with zero attached hydrogens (tertiary/aromatic N) is 2. The highest BCUT2D eigenvalue weighted by Gasteiger charge is 2.03. The van der Waals surface area contributed by atoms with Gasteiger partial charge in [-0.1, -0.05) is 0 Å². The number of rotatable bonds is 3. The molecule has 3 N–H and O–H groups in total. The number of hydrogen-bond acceptors (Lipinski definition) is 3. The highest BCUT2D eigenvalue weighted by Crippen LogP contribution is 2.10. The lowest BCUT2D eigenvalue weighted by molar-refractivity contribution is -0.114. The van der Waals surface area contributed by atoms with Gasteiger partial charge in [0.15, 0.2) is 0 Å². The SMILES string of the molecule is Cc1[nH]ncc1/C(N)=C\N(C)C=O. The zero-order valence-electron chi connectivity index (χ0n) is 7.61. The summed E-state index contributed by atoms with van der Waals surface area (Å²) in [6, 6.07) is 0. The van der Waals surface area contributed by atoms with Crippen LogP contribution in [0, 0.1) is 6.92 Å². The van der Waals surface area contributed by atoms with Gasteiger partial charge in [-0.15, -0.1) is 0 Å². The zero-order chi connectivity index (χ0) is 9.84. The van der Waals surface area contributed by atoms with Crippen LogP contribution in [0.3, 0.4) is 0 Å². The molecular formula is C8H12N4O. The molecule has 5 nitrogen and oxygen atoms in total. The number of hydrogen-bond donors (Lipinski definition) is 2. The number of nitrogens with one attached hydrogen (secondary N) is 1. The third-order valence-corrected chi connectivity index (χ3v) is 1.65. The molecule has 0 saturated carbocycles. The average Bonchev–Trinajstić information content (AvgIpc) is 2.51. The van der Waals surface area contributed by atoms with Crippen LogP contribution in [0.15, 0.2) is 12.4 Å². The van der Waals surface area contributed by atoms with Crippen LogP contribution in [-0.2, 0) is 4.79 Å². The van der Waals surface area contributed by atoms with Crippen molar-refractivity contribution in [3.8, 4) is 0 Å². The second kappa shape index (κ2) is 3.75. The van der Waals surface area contributed by atoms with E-state index in [1.54, 1.807) is 19.4 Å². The van der Waals surface area contributed by atoms with Crippen LogP contribution in [0.25, 0.3) is 5.70 Å². The summed E-state index contributed by atoms with van der Waals surface area (Å²) in [5.41, 5.74) is 7.93. The second-order valence-electron chi connectivity index (χ2n) is 2.76. The Kier molecular flexibility index (Phi) is 2.69. The maximum absolute atomic E-state index is 10.3. The third kappa shape index (κ3) is 2.08. The Morgan fingerprint density at radius 1 is 1.77 bits per heavy atom. The summed E-state index contributed by atoms with van der Waals surface area (Å²) >= 11 is 0. The van der Waals surface area contributed by atoms with Crippen LogP contribution in [0.2, 0.25) is 0 Å². The molecule has 0 fully saturated rings. The van der Waals surface area contributed by atoms with Gasteiger partial charge in [-0.05, 0) is 6.92 Å². The second-order valence-corrected chi connectivity index (χ2v) is 2.76. The minimum Gasteiger partial charge on any atom is -0.397 e. The van der Waals surface area contributed by atoms with E-state index >= 15 is 0 Å². The van der Waals surface area contributed by atoms with Gasteiger partial charge in [0, 0.05) is 24.5 Å². The number of H-pyrrole nitrogens is 1. The monoisotopic (exact) mass is 180 g/mol. The van der Waals surface area contributed by atoms with E-state index in [9.17, 15) is 4.79 Å². The van der Waals surface area contributed by atoms with E-state index in [2.05, 4.69) is 10.2 Å². The van der Waals surface area contributed by atoms with Crippen molar-refractivity contribution in [3.63, 3.8) is 0 Å². The highest BCUT2D eigenvalue weighted by atomic mass is 16.1. The van der Waals surface area contributed by atoms with E-state index in [4.69, 9.17) is 5.73 Å². The molecule has 0 saturated heterocycles. The molecule has 0 aliphatic heterocycles. The molecule has 0 atom stereocenters. The molecule has 5 heteroatoms. The molecule has 1 amide bonds. The number of amides is 1. The van der Waals surface area contributed by atoms with Gasteiger partial charge in [-0.25, -0.2) is 0 Å². The Balaban J connectivity index is 2.90. The van der Waals surface area contributed by atoms with Crippen molar-refractivity contribution in [3.05, 3.63) is 23.7 Å². The van der Waals surface area contributed by atoms with Gasteiger partial charge < -0.3 is 10.6 Å². The average molecular weight is 180 g/mol. The van der Waals surface area contributed by atoms with Gasteiger partial charge in [0.05, 0.1) is 11.9 Å². The van der Waals surface area contributed by atoms with Crippen LogP contribution >= 0.6 is 0 Å². The fourth-order valence-corrected chi connectivity index (χ4v) is 0.961. The lowest BCUT2D eigenvalue weighted by Crippen LogP contribution is -2.10. The highest BCUT2D eigenvalue weighted by molar-refractivity contribution is 5.65. The predicted octanol–water partition coefficient (Wildman–Crippen LogP) is 0.0634. The molecule has 0 radical (unpaired) electrons. The van der Waals surface area contributed by atoms with Gasteiger partial charge in [0.1, 0.15) is 0 Å². The van der Waals surface area contributed by atoms with E-state index in [-0.39, 0.29) is 0 Å². The largest absolute Gasteiger partial charge is 0.397 e. The standard InChI is InChI=1S/C8H12N4O/c1-6-7(3-10-11-6)8(9)4-12(2)5-13/h3-5H,9H2,1-2H3,(H,10,11)/b8-4+. The summed E-state index contributed by atoms with van der Waals surface area (Å²) in [6.45, 7) is 1.87. The van der Waals surface area contributed by atoms with Crippen molar-refractivity contribution in [1.82, 2.24) is 15.1 Å². The quantitative estimate of drug-likeness (QED) is 0.646. The maximum atomic E-state index is 10.3. The number of aromatic nitrogens is 2. The molecule has 1 aromatic rings. The molecule has 70 valence electrons. The smallest absolute Gasteiger partial charge is 0.213 e. The topological polar surface area (TPSA) is 75.0 Å². The van der Waals surface area contributed by atoms with Crippen molar-refractivity contribution in [2.45, 2.75) is 6.92 Å². The molecule has 13 heavy (non-hydrogen) atoms. The summed E-state index contributed by atoms with van der Waals surface area (Å²) in [7, 11) is 1.62. The minimum absolute atomic E-state index is 0.515. The first-order valence-electron chi connectivity index (χ1n) is 3.80. The lowest BCUT2D eigenvalue weighted by atomic mass is 10.2. The van der Waals surface area contributed by atoms with Crippen LogP contribution in [0.5, 0.6) is 0 Å². The van der Waals surface area contributed by atoms with E-state index in [0.29, 0.717) is 12.1 Å². The maximum Gasteiger partial charge on any atom is 0.213 e. The van der Waals surface area contributed by atoms with E-state index < -0.39 is 0 Å². The van der Waals surface area contributed by atoms with Gasteiger partial charge >= 0.3 is 0 Å². The van der Waals surface area contributed by atoms with E-state index in [0.717, 1.165) is 11.3 Å². The van der Waals surface area contributed by atoms with Crippen molar-refractivity contribution in [2.24, 2.45) is 5.73 Å². The number of aryl methyl sites for hydroxylation is 1. The Bertz CT molecular complexity index is 329. The molecule has 0 aliphatic carbocycles. The Morgan fingerprint density at radius 3 is 2.92 bits per heavy atom. The Hall–Kier alpha value is -1.78. The molecule has 0 spiro atoms. The number of carbonyl (C=O) groups excluding carboxylic acids is 1. The molecule has 0 bridgehead atoms. The predicted molar refractivity (Wildman–Crippen MR) is 49.3 cm³/mol. The zero-order valence-corrected chi connectivity index (χ0v) is 7.61. The van der Waals surface area contributed by atoms with Crippen molar-refractivity contribution >= 4 is 12.1 Å². The summed E-state index contributed by atoms with van der Waals surface area (Å²) in [6.07, 6.45) is 3.85.